The third-order valence-electron chi connectivity index (χ3n) is 3.02. The van der Waals surface area contributed by atoms with Gasteiger partial charge < -0.3 is 15.2 Å². The summed E-state index contributed by atoms with van der Waals surface area (Å²) >= 11 is 0. The first-order chi connectivity index (χ1) is 11.0. The molecule has 0 aliphatic carbocycles. The number of carbonyl (C=O) groups excluding carboxylic acids is 1. The number of phenolic OH excluding ortho intramolecular Hbond substituents is 1. The quantitative estimate of drug-likeness (QED) is 0.671. The molecular formula is C17H13FN2O3. The minimum Gasteiger partial charge on any atom is -0.507 e. The summed E-state index contributed by atoms with van der Waals surface area (Å²) in [6.45, 7) is 0. The van der Waals surface area contributed by atoms with Crippen molar-refractivity contribution in [2.75, 3.05) is 12.4 Å². The predicted molar refractivity (Wildman–Crippen MR) is 83.3 cm³/mol. The number of anilines is 1. The van der Waals surface area contributed by atoms with Gasteiger partial charge in [0.25, 0.3) is 5.91 Å². The van der Waals surface area contributed by atoms with E-state index in [1.54, 1.807) is 12.1 Å². The van der Waals surface area contributed by atoms with Gasteiger partial charge in [0, 0.05) is 5.56 Å². The lowest BCUT2D eigenvalue weighted by molar-refractivity contribution is -0.112. The SMILES string of the molecule is COc1ccc(O)c(/C=C(\C#N)C(=O)Nc2ccccc2F)c1. The third-order valence-corrected chi connectivity index (χ3v) is 3.02. The van der Waals surface area contributed by atoms with Crippen molar-refractivity contribution in [3.8, 4) is 17.6 Å². The van der Waals surface area contributed by atoms with Crippen molar-refractivity contribution >= 4 is 17.7 Å². The summed E-state index contributed by atoms with van der Waals surface area (Å²) in [7, 11) is 1.45. The summed E-state index contributed by atoms with van der Waals surface area (Å²) in [5, 5.41) is 21.2. The molecule has 116 valence electrons. The molecule has 0 heterocycles. The van der Waals surface area contributed by atoms with Crippen LogP contribution in [0.25, 0.3) is 6.08 Å². The average molecular weight is 312 g/mol. The Labute approximate surface area is 132 Å². The Morgan fingerprint density at radius 1 is 1.35 bits per heavy atom. The molecule has 23 heavy (non-hydrogen) atoms. The van der Waals surface area contributed by atoms with E-state index in [2.05, 4.69) is 5.32 Å². The minimum atomic E-state index is -0.778. The molecule has 0 saturated carbocycles. The van der Waals surface area contributed by atoms with Gasteiger partial charge in [-0.25, -0.2) is 4.39 Å². The van der Waals surface area contributed by atoms with E-state index >= 15 is 0 Å². The van der Waals surface area contributed by atoms with Crippen LogP contribution in [-0.2, 0) is 4.79 Å². The number of nitriles is 1. The van der Waals surface area contributed by atoms with E-state index in [9.17, 15) is 14.3 Å². The average Bonchev–Trinajstić information content (AvgIpc) is 2.56. The summed E-state index contributed by atoms with van der Waals surface area (Å²) in [4.78, 5) is 12.1. The molecule has 0 saturated heterocycles. The maximum atomic E-state index is 13.5. The van der Waals surface area contributed by atoms with Gasteiger partial charge in [0.05, 0.1) is 12.8 Å². The summed E-state index contributed by atoms with van der Waals surface area (Å²) < 4.78 is 18.6. The lowest BCUT2D eigenvalue weighted by atomic mass is 10.1. The molecule has 0 bridgehead atoms. The number of para-hydroxylation sites is 1. The smallest absolute Gasteiger partial charge is 0.266 e. The van der Waals surface area contributed by atoms with Gasteiger partial charge in [-0.1, -0.05) is 12.1 Å². The highest BCUT2D eigenvalue weighted by molar-refractivity contribution is 6.09. The predicted octanol–water partition coefficient (Wildman–Crippen LogP) is 3.09. The van der Waals surface area contributed by atoms with Gasteiger partial charge in [-0.15, -0.1) is 0 Å². The number of rotatable bonds is 4. The number of phenols is 1. The molecule has 0 unspecified atom stereocenters. The van der Waals surface area contributed by atoms with Gasteiger partial charge >= 0.3 is 0 Å². The number of carbonyl (C=O) groups is 1. The number of aromatic hydroxyl groups is 1. The number of nitrogens with one attached hydrogen (secondary N) is 1. The second kappa shape index (κ2) is 7.09. The Morgan fingerprint density at radius 2 is 2.09 bits per heavy atom. The summed E-state index contributed by atoms with van der Waals surface area (Å²) in [6.07, 6.45) is 1.20. The van der Waals surface area contributed by atoms with Crippen molar-refractivity contribution in [2.24, 2.45) is 0 Å². The molecule has 2 aromatic rings. The van der Waals surface area contributed by atoms with Gasteiger partial charge in [0.15, 0.2) is 0 Å². The Morgan fingerprint density at radius 3 is 2.74 bits per heavy atom. The Balaban J connectivity index is 2.31. The van der Waals surface area contributed by atoms with Crippen molar-refractivity contribution in [1.29, 1.82) is 5.26 Å². The molecule has 0 aliphatic rings. The van der Waals surface area contributed by atoms with Gasteiger partial charge in [0.2, 0.25) is 0 Å². The van der Waals surface area contributed by atoms with Crippen molar-refractivity contribution in [3.05, 3.63) is 59.4 Å². The molecule has 6 heteroatoms. The van der Waals surface area contributed by atoms with Crippen LogP contribution in [0.5, 0.6) is 11.5 Å². The molecule has 2 rings (SSSR count). The van der Waals surface area contributed by atoms with Crippen LogP contribution in [0, 0.1) is 17.1 Å². The number of methoxy groups -OCH3 is 1. The van der Waals surface area contributed by atoms with Gasteiger partial charge in [0.1, 0.15) is 29.0 Å². The molecule has 0 radical (unpaired) electrons. The number of hydrogen-bond acceptors (Lipinski definition) is 4. The van der Waals surface area contributed by atoms with Gasteiger partial charge in [-0.05, 0) is 36.4 Å². The van der Waals surface area contributed by atoms with Crippen LogP contribution in [0.2, 0.25) is 0 Å². The number of ether oxygens (including phenoxy) is 1. The summed E-state index contributed by atoms with van der Waals surface area (Å²) in [6, 6.07) is 11.7. The highest BCUT2D eigenvalue weighted by atomic mass is 19.1. The largest absolute Gasteiger partial charge is 0.507 e. The molecular weight excluding hydrogens is 299 g/mol. The van der Waals surface area contributed by atoms with Crippen molar-refractivity contribution in [3.63, 3.8) is 0 Å². The highest BCUT2D eigenvalue weighted by Crippen LogP contribution is 2.25. The summed E-state index contributed by atoms with van der Waals surface area (Å²) in [5.74, 6) is -1.04. The van der Waals surface area contributed by atoms with Crippen LogP contribution in [0.1, 0.15) is 5.56 Å². The van der Waals surface area contributed by atoms with Crippen LogP contribution in [0.3, 0.4) is 0 Å². The lowest BCUT2D eigenvalue weighted by Crippen LogP contribution is -2.14. The van der Waals surface area contributed by atoms with E-state index in [1.807, 2.05) is 0 Å². The zero-order valence-corrected chi connectivity index (χ0v) is 12.2. The van der Waals surface area contributed by atoms with Gasteiger partial charge in [-0.2, -0.15) is 5.26 Å². The zero-order valence-electron chi connectivity index (χ0n) is 12.2. The monoisotopic (exact) mass is 312 g/mol. The van der Waals surface area contributed by atoms with Crippen LogP contribution < -0.4 is 10.1 Å². The van der Waals surface area contributed by atoms with Crippen molar-refractivity contribution < 1.29 is 19.0 Å². The fourth-order valence-electron chi connectivity index (χ4n) is 1.83. The fourth-order valence-corrected chi connectivity index (χ4v) is 1.83. The lowest BCUT2D eigenvalue weighted by Gasteiger charge is -2.06. The van der Waals surface area contributed by atoms with E-state index < -0.39 is 11.7 Å². The molecule has 0 aromatic heterocycles. The van der Waals surface area contributed by atoms with Crippen molar-refractivity contribution in [2.45, 2.75) is 0 Å². The number of hydrogen-bond donors (Lipinski definition) is 2. The first-order valence-corrected chi connectivity index (χ1v) is 6.60. The zero-order chi connectivity index (χ0) is 16.8. The minimum absolute atomic E-state index is 0.0338. The first kappa shape index (κ1) is 16.0. The molecule has 0 aliphatic heterocycles. The van der Waals surface area contributed by atoms with E-state index in [0.29, 0.717) is 5.75 Å². The van der Waals surface area contributed by atoms with E-state index in [0.717, 1.165) is 0 Å². The molecule has 0 spiro atoms. The number of halogens is 1. The second-order valence-corrected chi connectivity index (χ2v) is 4.53. The Kier molecular flexibility index (Phi) is 4.95. The number of nitrogens with zero attached hydrogens (tertiary/aromatic N) is 1. The summed E-state index contributed by atoms with van der Waals surface area (Å²) in [5.41, 5.74) is -0.0742. The van der Waals surface area contributed by atoms with E-state index in [-0.39, 0.29) is 22.6 Å². The van der Waals surface area contributed by atoms with Crippen LogP contribution in [0.4, 0.5) is 10.1 Å². The number of amides is 1. The topological polar surface area (TPSA) is 82.3 Å². The standard InChI is InChI=1S/C17H13FN2O3/c1-23-13-6-7-16(21)11(9-13)8-12(10-19)17(22)20-15-5-3-2-4-14(15)18/h2-9,21H,1H3,(H,20,22)/b12-8+. The molecule has 2 N–H and O–H groups in total. The maximum Gasteiger partial charge on any atom is 0.266 e. The molecule has 0 fully saturated rings. The van der Waals surface area contributed by atoms with Crippen LogP contribution in [0.15, 0.2) is 48.0 Å². The molecule has 1 amide bonds. The van der Waals surface area contributed by atoms with Gasteiger partial charge in [-0.3, -0.25) is 4.79 Å². The maximum absolute atomic E-state index is 13.5. The van der Waals surface area contributed by atoms with E-state index in [1.165, 1.54) is 49.6 Å². The molecule has 0 atom stereocenters. The first-order valence-electron chi connectivity index (χ1n) is 6.60. The number of benzene rings is 2. The third kappa shape index (κ3) is 3.86. The Bertz CT molecular complexity index is 810. The normalized spacial score (nSPS) is 10.7. The second-order valence-electron chi connectivity index (χ2n) is 4.53. The fraction of sp³-hybridized carbons (Fsp3) is 0.0588. The molecule has 5 nitrogen and oxygen atoms in total. The Hall–Kier alpha value is -3.33. The van der Waals surface area contributed by atoms with E-state index in [4.69, 9.17) is 10.00 Å². The highest BCUT2D eigenvalue weighted by Gasteiger charge is 2.13. The van der Waals surface area contributed by atoms with Crippen molar-refractivity contribution in [1.82, 2.24) is 0 Å². The van der Waals surface area contributed by atoms with Crippen LogP contribution >= 0.6 is 0 Å². The molecule has 2 aromatic carbocycles. The van der Waals surface area contributed by atoms with Crippen LogP contribution in [-0.4, -0.2) is 18.1 Å².